The number of ether oxygens (including phenoxy) is 2. The summed E-state index contributed by atoms with van der Waals surface area (Å²) in [7, 11) is 0. The van der Waals surface area contributed by atoms with Crippen LogP contribution in [-0.4, -0.2) is 50.4 Å². The zero-order valence-electron chi connectivity index (χ0n) is 12.1. The van der Waals surface area contributed by atoms with Crippen LogP contribution in [0.2, 0.25) is 0 Å². The minimum atomic E-state index is -0.0441. The molecule has 1 saturated heterocycles. The van der Waals surface area contributed by atoms with E-state index in [4.69, 9.17) is 9.47 Å². The van der Waals surface area contributed by atoms with Gasteiger partial charge in [0.1, 0.15) is 12.4 Å². The Labute approximate surface area is 119 Å². The van der Waals surface area contributed by atoms with Crippen LogP contribution in [0.4, 0.5) is 4.79 Å². The molecular formula is C15H22N2O3. The summed E-state index contributed by atoms with van der Waals surface area (Å²) in [6.45, 7) is 7.61. The third kappa shape index (κ3) is 4.42. The van der Waals surface area contributed by atoms with Gasteiger partial charge in [-0.1, -0.05) is 6.07 Å². The molecule has 1 aliphatic heterocycles. The van der Waals surface area contributed by atoms with Gasteiger partial charge >= 0.3 is 6.03 Å². The molecule has 5 nitrogen and oxygen atoms in total. The Bertz CT molecular complexity index is 436. The molecule has 1 aliphatic rings. The smallest absolute Gasteiger partial charge is 0.317 e. The van der Waals surface area contributed by atoms with E-state index in [-0.39, 0.29) is 6.03 Å². The van der Waals surface area contributed by atoms with Crippen molar-refractivity contribution in [1.82, 2.24) is 10.2 Å². The molecule has 1 fully saturated rings. The first kappa shape index (κ1) is 14.7. The normalized spacial score (nSPS) is 15.0. The van der Waals surface area contributed by atoms with Crippen LogP contribution in [0.25, 0.3) is 0 Å². The summed E-state index contributed by atoms with van der Waals surface area (Å²) in [5.41, 5.74) is 2.36. The van der Waals surface area contributed by atoms with Crippen LogP contribution in [0.5, 0.6) is 5.75 Å². The summed E-state index contributed by atoms with van der Waals surface area (Å²) in [6, 6.07) is 6.05. The Hall–Kier alpha value is -1.75. The maximum absolute atomic E-state index is 11.8. The molecule has 1 aromatic carbocycles. The molecule has 1 N–H and O–H groups in total. The van der Waals surface area contributed by atoms with Crippen LogP contribution >= 0.6 is 0 Å². The van der Waals surface area contributed by atoms with Gasteiger partial charge in [-0.2, -0.15) is 0 Å². The van der Waals surface area contributed by atoms with Crippen molar-refractivity contribution in [3.05, 3.63) is 29.3 Å². The van der Waals surface area contributed by atoms with E-state index in [9.17, 15) is 4.79 Å². The van der Waals surface area contributed by atoms with Gasteiger partial charge in [-0.3, -0.25) is 0 Å². The minimum absolute atomic E-state index is 0.0441. The first-order chi connectivity index (χ1) is 9.65. The van der Waals surface area contributed by atoms with E-state index in [0.29, 0.717) is 39.5 Å². The van der Waals surface area contributed by atoms with E-state index in [0.717, 1.165) is 5.75 Å². The number of nitrogens with one attached hydrogen (secondary N) is 1. The average molecular weight is 278 g/mol. The van der Waals surface area contributed by atoms with Gasteiger partial charge in [0.05, 0.1) is 19.8 Å². The fraction of sp³-hybridized carbons (Fsp3) is 0.533. The highest BCUT2D eigenvalue weighted by Gasteiger charge is 2.15. The van der Waals surface area contributed by atoms with Crippen molar-refractivity contribution >= 4 is 6.03 Å². The lowest BCUT2D eigenvalue weighted by Gasteiger charge is -2.26. The molecule has 0 bridgehead atoms. The van der Waals surface area contributed by atoms with Crippen molar-refractivity contribution in [2.24, 2.45) is 0 Å². The zero-order chi connectivity index (χ0) is 14.4. The fourth-order valence-electron chi connectivity index (χ4n) is 2.22. The molecule has 0 atom stereocenters. The number of benzene rings is 1. The van der Waals surface area contributed by atoms with Crippen LogP contribution in [-0.2, 0) is 4.74 Å². The number of rotatable bonds is 4. The van der Waals surface area contributed by atoms with Gasteiger partial charge < -0.3 is 19.7 Å². The summed E-state index contributed by atoms with van der Waals surface area (Å²) in [4.78, 5) is 13.6. The molecule has 2 amide bonds. The molecule has 20 heavy (non-hydrogen) atoms. The van der Waals surface area contributed by atoms with Crippen molar-refractivity contribution in [1.29, 1.82) is 0 Å². The number of urea groups is 1. The fourth-order valence-corrected chi connectivity index (χ4v) is 2.22. The highest BCUT2D eigenvalue weighted by Crippen LogP contribution is 2.15. The Kier molecular flexibility index (Phi) is 5.24. The summed E-state index contributed by atoms with van der Waals surface area (Å²) < 4.78 is 10.9. The van der Waals surface area contributed by atoms with Crippen LogP contribution in [0.3, 0.4) is 0 Å². The van der Waals surface area contributed by atoms with Crippen molar-refractivity contribution in [2.75, 3.05) is 39.5 Å². The molecule has 2 rings (SSSR count). The molecule has 1 aromatic rings. The summed E-state index contributed by atoms with van der Waals surface area (Å²) in [6.07, 6.45) is 0. The second-order valence-electron chi connectivity index (χ2n) is 5.00. The lowest BCUT2D eigenvalue weighted by molar-refractivity contribution is 0.0530. The molecule has 5 heteroatoms. The number of hydrogen-bond donors (Lipinski definition) is 1. The van der Waals surface area contributed by atoms with E-state index in [1.54, 1.807) is 4.90 Å². The van der Waals surface area contributed by atoms with Crippen LogP contribution in [0, 0.1) is 13.8 Å². The van der Waals surface area contributed by atoms with E-state index < -0.39 is 0 Å². The van der Waals surface area contributed by atoms with Crippen molar-refractivity contribution in [3.63, 3.8) is 0 Å². The Morgan fingerprint density at radius 3 is 2.55 bits per heavy atom. The Morgan fingerprint density at radius 1 is 1.25 bits per heavy atom. The lowest BCUT2D eigenvalue weighted by Crippen LogP contribution is -2.47. The molecule has 0 unspecified atom stereocenters. The molecule has 0 aliphatic carbocycles. The second-order valence-corrected chi connectivity index (χ2v) is 5.00. The monoisotopic (exact) mass is 278 g/mol. The Morgan fingerprint density at radius 2 is 1.90 bits per heavy atom. The molecule has 110 valence electrons. The summed E-state index contributed by atoms with van der Waals surface area (Å²) in [5, 5.41) is 2.86. The van der Waals surface area contributed by atoms with Gasteiger partial charge in [0, 0.05) is 13.1 Å². The highest BCUT2D eigenvalue weighted by molar-refractivity contribution is 5.74. The van der Waals surface area contributed by atoms with E-state index in [2.05, 4.69) is 11.4 Å². The number of amides is 2. The van der Waals surface area contributed by atoms with E-state index in [1.807, 2.05) is 26.0 Å². The first-order valence-electron chi connectivity index (χ1n) is 6.97. The topological polar surface area (TPSA) is 50.8 Å². The minimum Gasteiger partial charge on any atom is -0.492 e. The van der Waals surface area contributed by atoms with E-state index in [1.165, 1.54) is 11.1 Å². The van der Waals surface area contributed by atoms with Crippen LogP contribution in [0.1, 0.15) is 11.1 Å². The predicted octanol–water partition coefficient (Wildman–Crippen LogP) is 1.72. The second kappa shape index (κ2) is 7.14. The highest BCUT2D eigenvalue weighted by atomic mass is 16.5. The maximum atomic E-state index is 11.8. The summed E-state index contributed by atoms with van der Waals surface area (Å²) >= 11 is 0. The Balaban J connectivity index is 1.69. The number of carbonyl (C=O) groups is 1. The third-order valence-corrected chi connectivity index (χ3v) is 3.14. The van der Waals surface area contributed by atoms with Crippen molar-refractivity contribution in [3.8, 4) is 5.75 Å². The quantitative estimate of drug-likeness (QED) is 0.853. The third-order valence-electron chi connectivity index (χ3n) is 3.14. The van der Waals surface area contributed by atoms with Gasteiger partial charge in [-0.05, 0) is 37.1 Å². The SMILES string of the molecule is Cc1cc(C)cc(OCCNC(=O)N2CCOCC2)c1. The first-order valence-corrected chi connectivity index (χ1v) is 6.97. The molecule has 0 spiro atoms. The van der Waals surface area contributed by atoms with E-state index >= 15 is 0 Å². The number of hydrogen-bond acceptors (Lipinski definition) is 3. The van der Waals surface area contributed by atoms with Crippen molar-refractivity contribution < 1.29 is 14.3 Å². The number of carbonyl (C=O) groups excluding carboxylic acids is 1. The number of morpholine rings is 1. The number of aryl methyl sites for hydroxylation is 2. The summed E-state index contributed by atoms with van der Waals surface area (Å²) in [5.74, 6) is 0.850. The van der Waals surface area contributed by atoms with Crippen LogP contribution in [0.15, 0.2) is 18.2 Å². The van der Waals surface area contributed by atoms with Gasteiger partial charge in [0.25, 0.3) is 0 Å². The molecular weight excluding hydrogens is 256 g/mol. The number of nitrogens with zero attached hydrogens (tertiary/aromatic N) is 1. The van der Waals surface area contributed by atoms with Gasteiger partial charge in [-0.15, -0.1) is 0 Å². The predicted molar refractivity (Wildman–Crippen MR) is 77.2 cm³/mol. The van der Waals surface area contributed by atoms with Gasteiger partial charge in [0.2, 0.25) is 0 Å². The maximum Gasteiger partial charge on any atom is 0.317 e. The van der Waals surface area contributed by atoms with Crippen LogP contribution < -0.4 is 10.1 Å². The van der Waals surface area contributed by atoms with Gasteiger partial charge in [0.15, 0.2) is 0 Å². The molecule has 0 radical (unpaired) electrons. The molecule has 1 heterocycles. The molecule has 0 saturated carbocycles. The average Bonchev–Trinajstić information content (AvgIpc) is 2.43. The lowest BCUT2D eigenvalue weighted by atomic mass is 10.1. The largest absolute Gasteiger partial charge is 0.492 e. The zero-order valence-corrected chi connectivity index (χ0v) is 12.1. The van der Waals surface area contributed by atoms with Crippen molar-refractivity contribution in [2.45, 2.75) is 13.8 Å². The van der Waals surface area contributed by atoms with Gasteiger partial charge in [-0.25, -0.2) is 4.79 Å². The standard InChI is InChI=1S/C15H22N2O3/c1-12-9-13(2)11-14(10-12)20-6-3-16-15(18)17-4-7-19-8-5-17/h9-11H,3-8H2,1-2H3,(H,16,18). The molecule has 0 aromatic heterocycles.